The minimum absolute atomic E-state index is 0.0726. The van der Waals surface area contributed by atoms with Gasteiger partial charge in [0.2, 0.25) is 0 Å². The fourth-order valence-corrected chi connectivity index (χ4v) is 3.15. The Morgan fingerprint density at radius 3 is 2.30 bits per heavy atom. The lowest BCUT2D eigenvalue weighted by Crippen LogP contribution is -2.51. The first kappa shape index (κ1) is 23.3. The molecule has 9 heteroatoms. The molecule has 30 heavy (non-hydrogen) atoms. The average Bonchev–Trinajstić information content (AvgIpc) is 2.70. The Labute approximate surface area is 177 Å². The molecule has 4 amide bonds. The van der Waals surface area contributed by atoms with Gasteiger partial charge in [-0.25, -0.2) is 4.79 Å². The minimum atomic E-state index is -0.774. The molecule has 0 aromatic heterocycles. The molecule has 0 saturated carbocycles. The molecule has 166 valence electrons. The van der Waals surface area contributed by atoms with Crippen LogP contribution in [-0.4, -0.2) is 62.1 Å². The van der Waals surface area contributed by atoms with E-state index in [2.05, 4.69) is 16.0 Å². The second-order valence-corrected chi connectivity index (χ2v) is 8.34. The molecule has 1 aromatic rings. The third-order valence-electron chi connectivity index (χ3n) is 4.80. The monoisotopic (exact) mass is 420 g/mol. The van der Waals surface area contributed by atoms with Crippen LogP contribution < -0.4 is 25.4 Å². The van der Waals surface area contributed by atoms with E-state index >= 15 is 0 Å². The fourth-order valence-electron chi connectivity index (χ4n) is 3.15. The molecule has 0 bridgehead atoms. The third kappa shape index (κ3) is 6.82. The summed E-state index contributed by atoms with van der Waals surface area (Å²) in [5.74, 6) is -0.310. The van der Waals surface area contributed by atoms with E-state index in [1.807, 2.05) is 20.8 Å². The van der Waals surface area contributed by atoms with Gasteiger partial charge in [-0.05, 0) is 51.7 Å². The summed E-state index contributed by atoms with van der Waals surface area (Å²) < 4.78 is 10.3. The number of anilines is 1. The van der Waals surface area contributed by atoms with E-state index in [1.165, 1.54) is 14.2 Å². The van der Waals surface area contributed by atoms with Crippen molar-refractivity contribution in [2.45, 2.75) is 39.2 Å². The molecule has 0 spiro atoms. The van der Waals surface area contributed by atoms with Gasteiger partial charge in [-0.1, -0.05) is 0 Å². The van der Waals surface area contributed by atoms with Crippen molar-refractivity contribution in [2.75, 3.05) is 39.2 Å². The molecule has 1 heterocycles. The molecule has 9 nitrogen and oxygen atoms in total. The van der Waals surface area contributed by atoms with E-state index in [1.54, 1.807) is 23.1 Å². The summed E-state index contributed by atoms with van der Waals surface area (Å²) in [6, 6.07) is 4.86. The normalized spacial score (nSPS) is 14.6. The zero-order valence-corrected chi connectivity index (χ0v) is 18.3. The van der Waals surface area contributed by atoms with Crippen LogP contribution in [0.25, 0.3) is 0 Å². The van der Waals surface area contributed by atoms with Crippen LogP contribution in [0, 0.1) is 5.92 Å². The van der Waals surface area contributed by atoms with Crippen LogP contribution in [0.3, 0.4) is 0 Å². The standard InChI is InChI=1S/C21H32N4O5/c1-21(2,3)24-20(28)25-10-8-14(9-11-25)13-22-18(26)19(27)23-16-12-15(29-4)6-7-17(16)30-5/h6-7,12,14H,8-11,13H2,1-5H3,(H,22,26)(H,23,27)(H,24,28). The number of hydrogen-bond donors (Lipinski definition) is 3. The summed E-state index contributed by atoms with van der Waals surface area (Å²) in [4.78, 5) is 38.5. The van der Waals surface area contributed by atoms with Gasteiger partial charge in [0.25, 0.3) is 0 Å². The van der Waals surface area contributed by atoms with Crippen molar-refractivity contribution in [1.82, 2.24) is 15.5 Å². The van der Waals surface area contributed by atoms with Gasteiger partial charge in [0.05, 0.1) is 19.9 Å². The Kier molecular flexibility index (Phi) is 7.91. The first-order chi connectivity index (χ1) is 14.1. The topological polar surface area (TPSA) is 109 Å². The van der Waals surface area contributed by atoms with E-state index in [9.17, 15) is 14.4 Å². The molecular formula is C21H32N4O5. The van der Waals surface area contributed by atoms with E-state index in [0.717, 1.165) is 12.8 Å². The SMILES string of the molecule is COc1ccc(OC)c(NC(=O)C(=O)NCC2CCN(C(=O)NC(C)(C)C)CC2)c1. The zero-order chi connectivity index (χ0) is 22.3. The van der Waals surface area contributed by atoms with Crippen LogP contribution in [0.5, 0.6) is 11.5 Å². The molecule has 2 rings (SSSR count). The van der Waals surface area contributed by atoms with Gasteiger partial charge in [0.15, 0.2) is 0 Å². The zero-order valence-electron chi connectivity index (χ0n) is 18.3. The van der Waals surface area contributed by atoms with Crippen LogP contribution in [0.15, 0.2) is 18.2 Å². The number of methoxy groups -OCH3 is 2. The number of amides is 4. The number of carbonyl (C=O) groups is 3. The summed E-state index contributed by atoms with van der Waals surface area (Å²) in [5.41, 5.74) is 0.0796. The number of ether oxygens (including phenoxy) is 2. The van der Waals surface area contributed by atoms with Gasteiger partial charge >= 0.3 is 17.8 Å². The van der Waals surface area contributed by atoms with Crippen LogP contribution in [-0.2, 0) is 9.59 Å². The molecule has 0 unspecified atom stereocenters. The molecule has 3 N–H and O–H groups in total. The molecule has 1 aliphatic rings. The molecule has 0 radical (unpaired) electrons. The van der Waals surface area contributed by atoms with Crippen molar-refractivity contribution < 1.29 is 23.9 Å². The van der Waals surface area contributed by atoms with Gasteiger partial charge in [-0.3, -0.25) is 9.59 Å². The predicted octanol–water partition coefficient (Wildman–Crippen LogP) is 1.98. The largest absolute Gasteiger partial charge is 0.497 e. The maximum absolute atomic E-state index is 12.2. The average molecular weight is 421 g/mol. The van der Waals surface area contributed by atoms with Crippen LogP contribution >= 0.6 is 0 Å². The summed E-state index contributed by atoms with van der Waals surface area (Å²) >= 11 is 0. The lowest BCUT2D eigenvalue weighted by Gasteiger charge is -2.34. The van der Waals surface area contributed by atoms with E-state index in [-0.39, 0.29) is 17.5 Å². The van der Waals surface area contributed by atoms with Gasteiger partial charge in [-0.2, -0.15) is 0 Å². The van der Waals surface area contributed by atoms with E-state index in [4.69, 9.17) is 9.47 Å². The quantitative estimate of drug-likeness (QED) is 0.631. The Balaban J connectivity index is 1.80. The summed E-state index contributed by atoms with van der Waals surface area (Å²) in [6.45, 7) is 7.46. The molecule has 1 aliphatic heterocycles. The number of rotatable bonds is 5. The molecule has 1 saturated heterocycles. The first-order valence-corrected chi connectivity index (χ1v) is 10.0. The molecular weight excluding hydrogens is 388 g/mol. The van der Waals surface area contributed by atoms with Crippen LogP contribution in [0.4, 0.5) is 10.5 Å². The fraction of sp³-hybridized carbons (Fsp3) is 0.571. The smallest absolute Gasteiger partial charge is 0.317 e. The summed E-state index contributed by atoms with van der Waals surface area (Å²) in [7, 11) is 2.99. The number of carbonyl (C=O) groups excluding carboxylic acids is 3. The van der Waals surface area contributed by atoms with Crippen molar-refractivity contribution in [3.05, 3.63) is 18.2 Å². The van der Waals surface area contributed by atoms with E-state index in [0.29, 0.717) is 36.8 Å². The number of piperidine rings is 1. The maximum atomic E-state index is 12.2. The van der Waals surface area contributed by atoms with Crippen LogP contribution in [0.1, 0.15) is 33.6 Å². The van der Waals surface area contributed by atoms with Crippen molar-refractivity contribution in [2.24, 2.45) is 5.92 Å². The van der Waals surface area contributed by atoms with Gasteiger partial charge in [0.1, 0.15) is 11.5 Å². The highest BCUT2D eigenvalue weighted by atomic mass is 16.5. The highest BCUT2D eigenvalue weighted by Crippen LogP contribution is 2.28. The number of urea groups is 1. The van der Waals surface area contributed by atoms with Gasteiger partial charge in [0, 0.05) is 31.2 Å². The predicted molar refractivity (Wildman–Crippen MR) is 114 cm³/mol. The maximum Gasteiger partial charge on any atom is 0.317 e. The van der Waals surface area contributed by atoms with Crippen molar-refractivity contribution >= 4 is 23.5 Å². The lowest BCUT2D eigenvalue weighted by atomic mass is 9.97. The number of likely N-dealkylation sites (tertiary alicyclic amines) is 1. The Hall–Kier alpha value is -2.97. The number of hydrogen-bond acceptors (Lipinski definition) is 5. The lowest BCUT2D eigenvalue weighted by molar-refractivity contribution is -0.136. The van der Waals surface area contributed by atoms with Crippen molar-refractivity contribution in [3.8, 4) is 11.5 Å². The first-order valence-electron chi connectivity index (χ1n) is 10.0. The Morgan fingerprint density at radius 2 is 1.73 bits per heavy atom. The van der Waals surface area contributed by atoms with Gasteiger partial charge in [-0.15, -0.1) is 0 Å². The second kappa shape index (κ2) is 10.2. The van der Waals surface area contributed by atoms with Crippen LogP contribution in [0.2, 0.25) is 0 Å². The Morgan fingerprint density at radius 1 is 1.07 bits per heavy atom. The molecule has 0 aliphatic carbocycles. The number of nitrogens with one attached hydrogen (secondary N) is 3. The highest BCUT2D eigenvalue weighted by molar-refractivity contribution is 6.39. The van der Waals surface area contributed by atoms with Crippen molar-refractivity contribution in [3.63, 3.8) is 0 Å². The highest BCUT2D eigenvalue weighted by Gasteiger charge is 2.26. The minimum Gasteiger partial charge on any atom is -0.497 e. The molecule has 1 fully saturated rings. The number of nitrogens with zero attached hydrogens (tertiary/aromatic N) is 1. The second-order valence-electron chi connectivity index (χ2n) is 8.34. The third-order valence-corrected chi connectivity index (χ3v) is 4.80. The molecule has 0 atom stereocenters. The van der Waals surface area contributed by atoms with Gasteiger partial charge < -0.3 is 30.3 Å². The summed E-state index contributed by atoms with van der Waals surface area (Å²) in [6.07, 6.45) is 1.53. The van der Waals surface area contributed by atoms with E-state index < -0.39 is 11.8 Å². The van der Waals surface area contributed by atoms with Crippen molar-refractivity contribution in [1.29, 1.82) is 0 Å². The Bertz CT molecular complexity index is 767. The summed E-state index contributed by atoms with van der Waals surface area (Å²) in [5, 5.41) is 8.18. The molecule has 1 aromatic carbocycles. The number of benzene rings is 1.